The molecule has 2 aromatic carbocycles. The summed E-state index contributed by atoms with van der Waals surface area (Å²) in [6, 6.07) is 18.6. The average Bonchev–Trinajstić information content (AvgIpc) is 3.44. The second-order valence-corrected chi connectivity index (χ2v) is 10.2. The van der Waals surface area contributed by atoms with Gasteiger partial charge in [0.2, 0.25) is 5.88 Å². The lowest BCUT2D eigenvalue weighted by atomic mass is 10.0. The number of halogens is 2. The van der Waals surface area contributed by atoms with Crippen molar-refractivity contribution in [2.45, 2.75) is 44.9 Å². The van der Waals surface area contributed by atoms with Crippen molar-refractivity contribution in [2.24, 2.45) is 0 Å². The largest absolute Gasteiger partial charge is 0.586 e. The quantitative estimate of drug-likeness (QED) is 0.293. The fourth-order valence-corrected chi connectivity index (χ4v) is 5.28. The van der Waals surface area contributed by atoms with E-state index >= 15 is 0 Å². The van der Waals surface area contributed by atoms with Crippen molar-refractivity contribution in [3.8, 4) is 17.4 Å². The zero-order chi connectivity index (χ0) is 27.1. The van der Waals surface area contributed by atoms with Crippen LogP contribution in [0.4, 0.5) is 8.78 Å². The zero-order valence-corrected chi connectivity index (χ0v) is 21.8. The Morgan fingerprint density at radius 2 is 1.88 bits per heavy atom. The van der Waals surface area contributed by atoms with Gasteiger partial charge in [0.25, 0.3) is 0 Å². The number of benzene rings is 2. The number of para-hydroxylation sites is 2. The lowest BCUT2D eigenvalue weighted by molar-refractivity contribution is -0.286. The monoisotopic (exact) mass is 546 g/mol. The van der Waals surface area contributed by atoms with E-state index in [1.807, 2.05) is 18.2 Å². The predicted molar refractivity (Wildman–Crippen MR) is 143 cm³/mol. The van der Waals surface area contributed by atoms with Crippen LogP contribution in [0.25, 0.3) is 16.6 Å². The molecule has 0 aliphatic carbocycles. The minimum Gasteiger partial charge on any atom is -0.473 e. The predicted octanol–water partition coefficient (Wildman–Crippen LogP) is 5.41. The molecule has 7 rings (SSSR count). The molecule has 1 saturated heterocycles. The van der Waals surface area contributed by atoms with Crippen LogP contribution in [0.5, 0.6) is 17.4 Å². The maximum absolute atomic E-state index is 13.3. The van der Waals surface area contributed by atoms with Crippen LogP contribution in [-0.2, 0) is 24.4 Å². The molecule has 0 saturated carbocycles. The number of imidazole rings is 1. The molecule has 40 heavy (non-hydrogen) atoms. The van der Waals surface area contributed by atoms with E-state index in [0.29, 0.717) is 11.4 Å². The number of pyridine rings is 1. The highest BCUT2D eigenvalue weighted by molar-refractivity contribution is 5.76. The van der Waals surface area contributed by atoms with Gasteiger partial charge in [0.05, 0.1) is 35.9 Å². The summed E-state index contributed by atoms with van der Waals surface area (Å²) in [5.74, 6) is 1.54. The maximum Gasteiger partial charge on any atom is 0.586 e. The standard InChI is InChI=1S/C30H28F2N4O4/c31-30(32)39-26-9-8-20(16-27(26)40-30)19-38-29-7-3-5-23(34-29)21-10-13-35(14-11-21)18-28-33-24-4-1-2-6-25(24)36(28)17-22-12-15-37-22/h1-10,16,22H,11-15,17-19H2/t22-/m0/s1. The van der Waals surface area contributed by atoms with Crippen LogP contribution in [0.2, 0.25) is 0 Å². The van der Waals surface area contributed by atoms with E-state index in [1.54, 1.807) is 12.1 Å². The van der Waals surface area contributed by atoms with Crippen molar-refractivity contribution in [3.63, 3.8) is 0 Å². The minimum absolute atomic E-state index is 0.00309. The number of rotatable bonds is 8. The van der Waals surface area contributed by atoms with Gasteiger partial charge in [-0.2, -0.15) is 0 Å². The molecule has 206 valence electrons. The van der Waals surface area contributed by atoms with Crippen molar-refractivity contribution in [2.75, 3.05) is 19.7 Å². The molecule has 0 spiro atoms. The fourth-order valence-electron chi connectivity index (χ4n) is 5.28. The van der Waals surface area contributed by atoms with E-state index in [4.69, 9.17) is 19.4 Å². The topological polar surface area (TPSA) is 70.9 Å². The smallest absolute Gasteiger partial charge is 0.473 e. The normalized spacial score (nSPS) is 19.9. The first-order valence-corrected chi connectivity index (χ1v) is 13.5. The molecule has 5 heterocycles. The first-order chi connectivity index (χ1) is 19.5. The van der Waals surface area contributed by atoms with Gasteiger partial charge < -0.3 is 23.5 Å². The first kappa shape index (κ1) is 25.0. The molecule has 0 bridgehead atoms. The first-order valence-electron chi connectivity index (χ1n) is 13.5. The molecule has 10 heteroatoms. The molecule has 0 unspecified atom stereocenters. The van der Waals surface area contributed by atoms with Crippen molar-refractivity contribution < 1.29 is 27.7 Å². The molecule has 3 aliphatic heterocycles. The Bertz CT molecular complexity index is 1580. The molecule has 1 atom stereocenters. The molecule has 1 fully saturated rings. The number of nitrogens with zero attached hydrogens (tertiary/aromatic N) is 4. The number of aromatic nitrogens is 3. The van der Waals surface area contributed by atoms with Crippen LogP contribution in [0.15, 0.2) is 66.7 Å². The van der Waals surface area contributed by atoms with Gasteiger partial charge in [-0.3, -0.25) is 4.90 Å². The van der Waals surface area contributed by atoms with E-state index in [2.05, 4.69) is 43.2 Å². The van der Waals surface area contributed by atoms with Crippen molar-refractivity contribution >= 4 is 16.6 Å². The Balaban J connectivity index is 1.00. The number of hydrogen-bond donors (Lipinski definition) is 0. The zero-order valence-electron chi connectivity index (χ0n) is 21.8. The van der Waals surface area contributed by atoms with Gasteiger partial charge in [0.1, 0.15) is 12.4 Å². The van der Waals surface area contributed by atoms with Crippen LogP contribution in [-0.4, -0.2) is 51.5 Å². The van der Waals surface area contributed by atoms with Crippen LogP contribution in [0, 0.1) is 0 Å². The van der Waals surface area contributed by atoms with Gasteiger partial charge in [-0.15, -0.1) is 8.78 Å². The van der Waals surface area contributed by atoms with Crippen LogP contribution >= 0.6 is 0 Å². The van der Waals surface area contributed by atoms with E-state index in [0.717, 1.165) is 68.2 Å². The Kier molecular flexibility index (Phi) is 6.36. The van der Waals surface area contributed by atoms with Gasteiger partial charge in [-0.1, -0.05) is 30.3 Å². The Morgan fingerprint density at radius 1 is 1.00 bits per heavy atom. The highest BCUT2D eigenvalue weighted by atomic mass is 19.3. The third kappa shape index (κ3) is 5.12. The van der Waals surface area contributed by atoms with E-state index in [9.17, 15) is 8.78 Å². The number of fused-ring (bicyclic) bond motifs is 2. The number of ether oxygens (including phenoxy) is 4. The molecule has 4 aromatic rings. The molecule has 0 N–H and O–H groups in total. The molecule has 3 aliphatic rings. The molecular weight excluding hydrogens is 518 g/mol. The summed E-state index contributed by atoms with van der Waals surface area (Å²) in [4.78, 5) is 12.0. The lowest BCUT2D eigenvalue weighted by Crippen LogP contribution is -2.33. The van der Waals surface area contributed by atoms with Crippen molar-refractivity contribution in [1.82, 2.24) is 19.4 Å². The minimum atomic E-state index is -3.64. The van der Waals surface area contributed by atoms with Crippen LogP contribution < -0.4 is 14.2 Å². The van der Waals surface area contributed by atoms with Crippen LogP contribution in [0.1, 0.15) is 29.9 Å². The summed E-state index contributed by atoms with van der Waals surface area (Å²) in [6.07, 6.45) is 0.794. The highest BCUT2D eigenvalue weighted by Crippen LogP contribution is 2.41. The highest BCUT2D eigenvalue weighted by Gasteiger charge is 2.43. The average molecular weight is 547 g/mol. The van der Waals surface area contributed by atoms with Crippen molar-refractivity contribution in [3.05, 3.63) is 83.8 Å². The lowest BCUT2D eigenvalue weighted by Gasteiger charge is -2.29. The SMILES string of the molecule is FC1(F)Oc2ccc(COc3cccc(C4=CCN(Cc5nc6ccccc6n5C[C@@H]5CCO5)CC4)n3)cc2O1. The summed E-state index contributed by atoms with van der Waals surface area (Å²) < 4.78 is 49.5. The molecular formula is C30H28F2N4O4. The molecule has 2 aromatic heterocycles. The van der Waals surface area contributed by atoms with Gasteiger partial charge in [0, 0.05) is 25.8 Å². The Labute approximate surface area is 229 Å². The second kappa shape index (κ2) is 10.2. The number of alkyl halides is 2. The summed E-state index contributed by atoms with van der Waals surface area (Å²) in [6.45, 7) is 4.30. The summed E-state index contributed by atoms with van der Waals surface area (Å²) in [7, 11) is 0. The fraction of sp³-hybridized carbons (Fsp3) is 0.333. The number of hydrogen-bond acceptors (Lipinski definition) is 7. The van der Waals surface area contributed by atoms with E-state index in [1.165, 1.54) is 17.7 Å². The van der Waals surface area contributed by atoms with Gasteiger partial charge >= 0.3 is 6.29 Å². The van der Waals surface area contributed by atoms with Gasteiger partial charge in [0.15, 0.2) is 11.5 Å². The summed E-state index contributed by atoms with van der Waals surface area (Å²) >= 11 is 0. The summed E-state index contributed by atoms with van der Waals surface area (Å²) in [5.41, 5.74) is 4.89. The Morgan fingerprint density at radius 3 is 2.70 bits per heavy atom. The molecule has 8 nitrogen and oxygen atoms in total. The molecule has 0 amide bonds. The summed E-state index contributed by atoms with van der Waals surface area (Å²) in [5, 5.41) is 0. The van der Waals surface area contributed by atoms with Gasteiger partial charge in [-0.05, 0) is 54.3 Å². The van der Waals surface area contributed by atoms with E-state index in [-0.39, 0.29) is 24.2 Å². The Hall–Kier alpha value is -4.02. The molecule has 0 radical (unpaired) electrons. The van der Waals surface area contributed by atoms with Crippen molar-refractivity contribution in [1.29, 1.82) is 0 Å². The third-order valence-electron chi connectivity index (χ3n) is 7.48. The second-order valence-electron chi connectivity index (χ2n) is 10.2. The van der Waals surface area contributed by atoms with Crippen LogP contribution in [0.3, 0.4) is 0 Å². The van der Waals surface area contributed by atoms with Gasteiger partial charge in [-0.25, -0.2) is 9.97 Å². The van der Waals surface area contributed by atoms with E-state index < -0.39 is 6.29 Å². The maximum atomic E-state index is 13.3. The third-order valence-corrected chi connectivity index (χ3v) is 7.48.